The number of benzene rings is 2. The van der Waals surface area contributed by atoms with Crippen LogP contribution < -0.4 is 10.6 Å². The molecule has 9 heteroatoms. The van der Waals surface area contributed by atoms with Crippen LogP contribution >= 0.6 is 11.3 Å². The van der Waals surface area contributed by atoms with Gasteiger partial charge in [0.05, 0.1) is 17.2 Å². The largest absolute Gasteiger partial charge is 0.326 e. The lowest BCUT2D eigenvalue weighted by atomic mass is 10.1. The van der Waals surface area contributed by atoms with E-state index in [-0.39, 0.29) is 30.5 Å². The molecule has 0 aliphatic carbocycles. The number of fused-ring (bicyclic) bond motifs is 1. The predicted molar refractivity (Wildman–Crippen MR) is 130 cm³/mol. The fraction of sp³-hybridized carbons (Fsp3) is 0.167. The second-order valence-corrected chi connectivity index (χ2v) is 10.8. The van der Waals surface area contributed by atoms with Crippen LogP contribution in [-0.4, -0.2) is 24.5 Å². The number of carbonyl (C=O) groups is 2. The van der Waals surface area contributed by atoms with Crippen molar-refractivity contribution in [2.75, 3.05) is 10.6 Å². The van der Waals surface area contributed by atoms with Crippen molar-refractivity contribution in [2.24, 2.45) is 0 Å². The van der Waals surface area contributed by atoms with E-state index in [1.807, 2.05) is 36.4 Å². The Kier molecular flexibility index (Phi) is 6.73. The molecule has 2 aromatic carbocycles. The Balaban J connectivity index is 1.33. The molecule has 0 saturated carbocycles. The summed E-state index contributed by atoms with van der Waals surface area (Å²) >= 11 is 1.37. The van der Waals surface area contributed by atoms with E-state index in [2.05, 4.69) is 17.2 Å². The summed E-state index contributed by atoms with van der Waals surface area (Å²) in [7, 11) is -3.52. The third-order valence-corrected chi connectivity index (χ3v) is 8.00. The van der Waals surface area contributed by atoms with Gasteiger partial charge in [0.15, 0.2) is 0 Å². The summed E-state index contributed by atoms with van der Waals surface area (Å²) in [5.74, 6) is -0.548. The van der Waals surface area contributed by atoms with E-state index >= 15 is 0 Å². The number of hydrogen-bond acceptors (Lipinski definition) is 5. The monoisotopic (exact) mass is 481 g/mol. The van der Waals surface area contributed by atoms with Crippen LogP contribution in [-0.2, 0) is 44.9 Å². The van der Waals surface area contributed by atoms with Gasteiger partial charge in [0.1, 0.15) is 0 Å². The molecule has 0 atom stereocenters. The molecule has 1 aliphatic heterocycles. The zero-order chi connectivity index (χ0) is 23.4. The quantitative estimate of drug-likeness (QED) is 0.477. The van der Waals surface area contributed by atoms with E-state index in [9.17, 15) is 18.0 Å². The summed E-state index contributed by atoms with van der Waals surface area (Å²) in [5, 5.41) is 6.23. The van der Waals surface area contributed by atoms with Gasteiger partial charge < -0.3 is 10.6 Å². The van der Waals surface area contributed by atoms with Gasteiger partial charge in [0.25, 0.3) is 0 Å². The SMILES string of the molecule is C=CC(=O)Nc1cc2c(s1)CN(S(=O)(=O)Cc1ccc(NC(=O)Cc3ccccc3)cc1)C2. The normalized spacial score (nSPS) is 13.3. The number of nitrogens with one attached hydrogen (secondary N) is 2. The summed E-state index contributed by atoms with van der Waals surface area (Å²) < 4.78 is 27.3. The van der Waals surface area contributed by atoms with Crippen molar-refractivity contribution < 1.29 is 18.0 Å². The van der Waals surface area contributed by atoms with Crippen LogP contribution in [0.4, 0.5) is 10.7 Å². The molecular weight excluding hydrogens is 458 g/mol. The number of rotatable bonds is 8. The van der Waals surface area contributed by atoms with Gasteiger partial charge in [0, 0.05) is 23.7 Å². The Morgan fingerprint density at radius 1 is 1.00 bits per heavy atom. The fourth-order valence-corrected chi connectivity index (χ4v) is 6.18. The van der Waals surface area contributed by atoms with E-state index in [1.54, 1.807) is 24.3 Å². The highest BCUT2D eigenvalue weighted by atomic mass is 32.2. The molecule has 170 valence electrons. The van der Waals surface area contributed by atoms with Crippen LogP contribution in [0.5, 0.6) is 0 Å². The lowest BCUT2D eigenvalue weighted by Crippen LogP contribution is -2.27. The molecule has 0 radical (unpaired) electrons. The van der Waals surface area contributed by atoms with E-state index in [1.165, 1.54) is 21.7 Å². The van der Waals surface area contributed by atoms with Gasteiger partial charge in [-0.2, -0.15) is 4.31 Å². The van der Waals surface area contributed by atoms with Crippen molar-refractivity contribution in [1.29, 1.82) is 0 Å². The average Bonchev–Trinajstić information content (AvgIpc) is 3.35. The summed E-state index contributed by atoms with van der Waals surface area (Å²) in [6.45, 7) is 4.00. The highest BCUT2D eigenvalue weighted by Crippen LogP contribution is 2.36. The standard InChI is InChI=1S/C24H23N3O4S2/c1-2-22(28)26-24-13-19-14-27(15-21(19)32-24)33(30,31)16-18-8-10-20(11-9-18)25-23(29)12-17-6-4-3-5-7-17/h2-11,13H,1,12,14-16H2,(H,25,29)(H,26,28). The van der Waals surface area contributed by atoms with Crippen LogP contribution in [0.25, 0.3) is 0 Å². The van der Waals surface area contributed by atoms with Crippen LogP contribution in [0.2, 0.25) is 0 Å². The molecule has 33 heavy (non-hydrogen) atoms. The van der Waals surface area contributed by atoms with E-state index in [4.69, 9.17) is 0 Å². The van der Waals surface area contributed by atoms with Gasteiger partial charge in [0.2, 0.25) is 21.8 Å². The molecule has 2 N–H and O–H groups in total. The Bertz CT molecular complexity index is 1260. The highest BCUT2D eigenvalue weighted by molar-refractivity contribution is 7.88. The minimum absolute atomic E-state index is 0.125. The first kappa shape index (κ1) is 22.9. The second kappa shape index (κ2) is 9.70. The van der Waals surface area contributed by atoms with Crippen LogP contribution in [0.1, 0.15) is 21.6 Å². The van der Waals surface area contributed by atoms with Crippen molar-refractivity contribution in [3.63, 3.8) is 0 Å². The van der Waals surface area contributed by atoms with Gasteiger partial charge >= 0.3 is 0 Å². The van der Waals surface area contributed by atoms with Crippen LogP contribution in [0, 0.1) is 0 Å². The van der Waals surface area contributed by atoms with Crippen molar-refractivity contribution >= 4 is 43.9 Å². The molecule has 1 aliphatic rings. The number of anilines is 2. The number of hydrogen-bond donors (Lipinski definition) is 2. The van der Waals surface area contributed by atoms with Gasteiger partial charge in [-0.15, -0.1) is 11.3 Å². The first-order valence-corrected chi connectivity index (χ1v) is 12.7. The third kappa shape index (κ3) is 5.75. The predicted octanol–water partition coefficient (Wildman–Crippen LogP) is 3.90. The maximum atomic E-state index is 12.9. The van der Waals surface area contributed by atoms with Gasteiger partial charge in [-0.1, -0.05) is 49.0 Å². The molecule has 2 heterocycles. The van der Waals surface area contributed by atoms with Gasteiger partial charge in [-0.05, 0) is 41.0 Å². The Labute approximate surface area is 196 Å². The smallest absolute Gasteiger partial charge is 0.248 e. The zero-order valence-corrected chi connectivity index (χ0v) is 19.4. The van der Waals surface area contributed by atoms with E-state index < -0.39 is 10.0 Å². The highest BCUT2D eigenvalue weighted by Gasteiger charge is 2.31. The zero-order valence-electron chi connectivity index (χ0n) is 17.8. The van der Waals surface area contributed by atoms with Crippen molar-refractivity contribution in [1.82, 2.24) is 4.31 Å². The number of nitrogens with zero attached hydrogens (tertiary/aromatic N) is 1. The summed E-state index contributed by atoms with van der Waals surface area (Å²) in [6.07, 6.45) is 1.47. The maximum Gasteiger partial charge on any atom is 0.248 e. The third-order valence-electron chi connectivity index (χ3n) is 5.18. The molecular formula is C24H23N3O4S2. The average molecular weight is 482 g/mol. The molecule has 4 rings (SSSR count). The fourth-order valence-electron chi connectivity index (χ4n) is 3.54. The van der Waals surface area contributed by atoms with Gasteiger partial charge in [-0.25, -0.2) is 8.42 Å². The number of sulfonamides is 1. The van der Waals surface area contributed by atoms with Crippen LogP contribution in [0.3, 0.4) is 0 Å². The molecule has 0 spiro atoms. The molecule has 2 amide bonds. The molecule has 0 unspecified atom stereocenters. The minimum Gasteiger partial charge on any atom is -0.326 e. The first-order chi connectivity index (χ1) is 15.8. The lowest BCUT2D eigenvalue weighted by molar-refractivity contribution is -0.115. The molecule has 7 nitrogen and oxygen atoms in total. The Morgan fingerprint density at radius 3 is 2.39 bits per heavy atom. The topological polar surface area (TPSA) is 95.6 Å². The second-order valence-electron chi connectivity index (χ2n) is 7.68. The minimum atomic E-state index is -3.52. The van der Waals surface area contributed by atoms with E-state index in [0.717, 1.165) is 16.0 Å². The van der Waals surface area contributed by atoms with Crippen molar-refractivity contribution in [3.05, 3.63) is 94.9 Å². The lowest BCUT2D eigenvalue weighted by Gasteiger charge is -2.16. The molecule has 0 saturated heterocycles. The Morgan fingerprint density at radius 2 is 1.73 bits per heavy atom. The van der Waals surface area contributed by atoms with Crippen molar-refractivity contribution in [3.8, 4) is 0 Å². The molecule has 1 aromatic heterocycles. The molecule has 3 aromatic rings. The summed E-state index contributed by atoms with van der Waals surface area (Å²) in [4.78, 5) is 24.6. The van der Waals surface area contributed by atoms with Crippen molar-refractivity contribution in [2.45, 2.75) is 25.3 Å². The molecule has 0 fully saturated rings. The Hall–Kier alpha value is -3.27. The maximum absolute atomic E-state index is 12.9. The number of carbonyl (C=O) groups excluding carboxylic acids is 2. The number of amides is 2. The summed E-state index contributed by atoms with van der Waals surface area (Å²) in [6, 6.07) is 18.1. The van der Waals surface area contributed by atoms with Crippen LogP contribution in [0.15, 0.2) is 73.3 Å². The first-order valence-electron chi connectivity index (χ1n) is 10.3. The number of thiophene rings is 1. The van der Waals surface area contributed by atoms with E-state index in [0.29, 0.717) is 22.8 Å². The van der Waals surface area contributed by atoms with Gasteiger partial charge in [-0.3, -0.25) is 9.59 Å². The molecule has 0 bridgehead atoms. The summed E-state index contributed by atoms with van der Waals surface area (Å²) in [5.41, 5.74) is 3.09.